The first kappa shape index (κ1) is 17.3. The fourth-order valence-corrected chi connectivity index (χ4v) is 2.88. The van der Waals surface area contributed by atoms with Crippen LogP contribution in [0.5, 0.6) is 0 Å². The van der Waals surface area contributed by atoms with Gasteiger partial charge in [-0.15, -0.1) is 0 Å². The van der Waals surface area contributed by atoms with E-state index in [0.29, 0.717) is 43.5 Å². The molecule has 0 aliphatic carbocycles. The average molecular weight is 348 g/mol. The van der Waals surface area contributed by atoms with Gasteiger partial charge in [-0.25, -0.2) is 9.18 Å². The van der Waals surface area contributed by atoms with Crippen LogP contribution in [-0.4, -0.2) is 54.4 Å². The number of amides is 2. The van der Waals surface area contributed by atoms with E-state index in [1.807, 2.05) is 0 Å². The van der Waals surface area contributed by atoms with E-state index in [4.69, 9.17) is 9.26 Å². The molecule has 134 valence electrons. The lowest BCUT2D eigenvalue weighted by atomic mass is 9.98. The summed E-state index contributed by atoms with van der Waals surface area (Å²) in [6.07, 6.45) is 1.73. The number of urea groups is 1. The smallest absolute Gasteiger partial charge is 0.317 e. The maximum atomic E-state index is 13.3. The molecule has 1 aromatic carbocycles. The zero-order valence-corrected chi connectivity index (χ0v) is 14.1. The normalized spacial score (nSPS) is 17.5. The SMILES string of the molecule is COCCNC(=O)N1CCCC(c2nc(-c3cccc(F)c3)no2)C1. The molecule has 2 amide bonds. The van der Waals surface area contributed by atoms with Gasteiger partial charge in [-0.1, -0.05) is 17.3 Å². The summed E-state index contributed by atoms with van der Waals surface area (Å²) < 4.78 is 23.6. The number of piperidine rings is 1. The first-order valence-corrected chi connectivity index (χ1v) is 8.28. The minimum absolute atomic E-state index is 0.0169. The highest BCUT2D eigenvalue weighted by atomic mass is 19.1. The minimum atomic E-state index is -0.347. The van der Waals surface area contributed by atoms with Gasteiger partial charge >= 0.3 is 6.03 Å². The average Bonchev–Trinajstić information content (AvgIpc) is 3.12. The van der Waals surface area contributed by atoms with Gasteiger partial charge in [-0.05, 0) is 25.0 Å². The first-order chi connectivity index (χ1) is 12.2. The van der Waals surface area contributed by atoms with Crippen LogP contribution >= 0.6 is 0 Å². The van der Waals surface area contributed by atoms with Crippen LogP contribution in [0, 0.1) is 5.82 Å². The second-order valence-corrected chi connectivity index (χ2v) is 5.98. The number of carbonyl (C=O) groups excluding carboxylic acids is 1. The number of methoxy groups -OCH3 is 1. The van der Waals surface area contributed by atoms with Crippen molar-refractivity contribution < 1.29 is 18.4 Å². The largest absolute Gasteiger partial charge is 0.383 e. The van der Waals surface area contributed by atoms with Gasteiger partial charge in [0, 0.05) is 32.3 Å². The zero-order valence-electron chi connectivity index (χ0n) is 14.1. The van der Waals surface area contributed by atoms with Gasteiger partial charge in [-0.2, -0.15) is 4.98 Å². The number of carbonyl (C=O) groups is 1. The van der Waals surface area contributed by atoms with Crippen molar-refractivity contribution in [1.29, 1.82) is 0 Å². The van der Waals surface area contributed by atoms with Crippen molar-refractivity contribution in [1.82, 2.24) is 20.4 Å². The molecule has 0 spiro atoms. The maximum Gasteiger partial charge on any atom is 0.317 e. The Kier molecular flexibility index (Phi) is 5.60. The third-order valence-corrected chi connectivity index (χ3v) is 4.16. The summed E-state index contributed by atoms with van der Waals surface area (Å²) in [6, 6.07) is 5.95. The number of aromatic nitrogens is 2. The molecule has 25 heavy (non-hydrogen) atoms. The molecule has 1 unspecified atom stereocenters. The zero-order chi connectivity index (χ0) is 17.6. The molecule has 7 nitrogen and oxygen atoms in total. The third-order valence-electron chi connectivity index (χ3n) is 4.16. The number of rotatable bonds is 5. The van der Waals surface area contributed by atoms with Crippen molar-refractivity contribution in [2.75, 3.05) is 33.4 Å². The number of benzene rings is 1. The Bertz CT molecular complexity index is 721. The predicted octanol–water partition coefficient (Wildman–Crippen LogP) is 2.41. The fourth-order valence-electron chi connectivity index (χ4n) is 2.88. The van der Waals surface area contributed by atoms with Crippen molar-refractivity contribution in [2.45, 2.75) is 18.8 Å². The second kappa shape index (κ2) is 8.06. The lowest BCUT2D eigenvalue weighted by Crippen LogP contribution is -2.45. The number of hydrogen-bond acceptors (Lipinski definition) is 5. The number of halogens is 1. The van der Waals surface area contributed by atoms with E-state index in [0.717, 1.165) is 12.8 Å². The van der Waals surface area contributed by atoms with E-state index in [1.54, 1.807) is 24.1 Å². The summed E-state index contributed by atoms with van der Waals surface area (Å²) in [4.78, 5) is 18.3. The van der Waals surface area contributed by atoms with Gasteiger partial charge in [0.1, 0.15) is 5.82 Å². The molecular formula is C17H21FN4O3. The summed E-state index contributed by atoms with van der Waals surface area (Å²) in [5, 5.41) is 6.76. The Labute approximate surface area is 145 Å². The first-order valence-electron chi connectivity index (χ1n) is 8.28. The molecule has 0 bridgehead atoms. The van der Waals surface area contributed by atoms with E-state index in [2.05, 4.69) is 15.5 Å². The monoisotopic (exact) mass is 348 g/mol. The molecule has 3 rings (SSSR count). The van der Waals surface area contributed by atoms with Crippen molar-refractivity contribution >= 4 is 6.03 Å². The van der Waals surface area contributed by atoms with E-state index in [1.165, 1.54) is 12.1 Å². The number of likely N-dealkylation sites (tertiary alicyclic amines) is 1. The van der Waals surface area contributed by atoms with Crippen molar-refractivity contribution in [2.24, 2.45) is 0 Å². The quantitative estimate of drug-likeness (QED) is 0.839. The Balaban J connectivity index is 1.65. The molecule has 1 aromatic heterocycles. The number of nitrogens with zero attached hydrogens (tertiary/aromatic N) is 3. The standard InChI is InChI=1S/C17H21FN4O3/c1-24-9-7-19-17(23)22-8-3-5-13(11-22)16-20-15(21-25-16)12-4-2-6-14(18)10-12/h2,4,6,10,13H,3,5,7-9,11H2,1H3,(H,19,23). The van der Waals surface area contributed by atoms with Crippen LogP contribution in [0.3, 0.4) is 0 Å². The molecular weight excluding hydrogens is 327 g/mol. The molecule has 8 heteroatoms. The molecule has 2 aromatic rings. The summed E-state index contributed by atoms with van der Waals surface area (Å²) in [7, 11) is 1.59. The molecule has 1 saturated heterocycles. The van der Waals surface area contributed by atoms with Gasteiger partial charge in [0.2, 0.25) is 11.7 Å². The fraction of sp³-hybridized carbons (Fsp3) is 0.471. The van der Waals surface area contributed by atoms with Gasteiger partial charge < -0.3 is 19.5 Å². The Morgan fingerprint density at radius 3 is 3.20 bits per heavy atom. The second-order valence-electron chi connectivity index (χ2n) is 5.98. The molecule has 1 N–H and O–H groups in total. The molecule has 1 aliphatic rings. The molecule has 2 heterocycles. The lowest BCUT2D eigenvalue weighted by Gasteiger charge is -2.31. The van der Waals surface area contributed by atoms with E-state index >= 15 is 0 Å². The van der Waals surface area contributed by atoms with Crippen LogP contribution in [0.2, 0.25) is 0 Å². The van der Waals surface area contributed by atoms with Crippen molar-refractivity contribution in [3.8, 4) is 11.4 Å². The Hall–Kier alpha value is -2.48. The van der Waals surface area contributed by atoms with Crippen LogP contribution in [0.15, 0.2) is 28.8 Å². The van der Waals surface area contributed by atoms with E-state index in [-0.39, 0.29) is 17.8 Å². The Morgan fingerprint density at radius 1 is 1.52 bits per heavy atom. The Morgan fingerprint density at radius 2 is 2.40 bits per heavy atom. The summed E-state index contributed by atoms with van der Waals surface area (Å²) >= 11 is 0. The van der Waals surface area contributed by atoms with Crippen molar-refractivity contribution in [3.05, 3.63) is 36.0 Å². The van der Waals surface area contributed by atoms with Gasteiger partial charge in [0.05, 0.1) is 12.5 Å². The molecule has 1 fully saturated rings. The number of hydrogen-bond donors (Lipinski definition) is 1. The highest BCUT2D eigenvalue weighted by molar-refractivity contribution is 5.74. The number of ether oxygens (including phenoxy) is 1. The highest BCUT2D eigenvalue weighted by Crippen LogP contribution is 2.27. The molecule has 0 saturated carbocycles. The summed E-state index contributed by atoms with van der Waals surface area (Å²) in [5.41, 5.74) is 0.569. The van der Waals surface area contributed by atoms with Crippen LogP contribution in [0.1, 0.15) is 24.7 Å². The van der Waals surface area contributed by atoms with Crippen LogP contribution in [0.4, 0.5) is 9.18 Å². The summed E-state index contributed by atoms with van der Waals surface area (Å²) in [5.74, 6) is 0.474. The highest BCUT2D eigenvalue weighted by Gasteiger charge is 2.28. The molecule has 1 aliphatic heterocycles. The third kappa shape index (κ3) is 4.33. The van der Waals surface area contributed by atoms with E-state index < -0.39 is 0 Å². The van der Waals surface area contributed by atoms with E-state index in [9.17, 15) is 9.18 Å². The molecule has 1 atom stereocenters. The van der Waals surface area contributed by atoms with Gasteiger partial charge in [0.15, 0.2) is 0 Å². The van der Waals surface area contributed by atoms with Crippen LogP contribution in [0.25, 0.3) is 11.4 Å². The molecule has 0 radical (unpaired) electrons. The summed E-state index contributed by atoms with van der Waals surface area (Å²) in [6.45, 7) is 2.16. The van der Waals surface area contributed by atoms with Crippen molar-refractivity contribution in [3.63, 3.8) is 0 Å². The number of nitrogens with one attached hydrogen (secondary N) is 1. The van der Waals surface area contributed by atoms with Gasteiger partial charge in [0.25, 0.3) is 0 Å². The van der Waals surface area contributed by atoms with Gasteiger partial charge in [-0.3, -0.25) is 0 Å². The lowest BCUT2D eigenvalue weighted by molar-refractivity contribution is 0.163. The van der Waals surface area contributed by atoms with Crippen LogP contribution < -0.4 is 5.32 Å². The predicted molar refractivity (Wildman–Crippen MR) is 88.5 cm³/mol. The maximum absolute atomic E-state index is 13.3. The minimum Gasteiger partial charge on any atom is -0.383 e. The van der Waals surface area contributed by atoms with Crippen LogP contribution in [-0.2, 0) is 4.74 Å². The topological polar surface area (TPSA) is 80.5 Å².